The number of aryl methyl sites for hydroxylation is 1. The zero-order valence-electron chi connectivity index (χ0n) is 8.45. The van der Waals surface area contributed by atoms with Crippen LogP contribution in [0.5, 0.6) is 0 Å². The van der Waals surface area contributed by atoms with Crippen LogP contribution in [0.15, 0.2) is 24.3 Å². The Balaban J connectivity index is 2.54. The van der Waals surface area contributed by atoms with Crippen molar-refractivity contribution in [1.29, 1.82) is 0 Å². The lowest BCUT2D eigenvalue weighted by molar-refractivity contribution is -0.139. The summed E-state index contributed by atoms with van der Waals surface area (Å²) < 4.78 is 0. The number of aliphatic carboxylic acids is 1. The number of rotatable bonds is 4. The average molecular weight is 193 g/mol. The molecule has 0 radical (unpaired) electrons. The largest absolute Gasteiger partial charge is 0.480 e. The van der Waals surface area contributed by atoms with Crippen molar-refractivity contribution in [1.82, 2.24) is 5.32 Å². The summed E-state index contributed by atoms with van der Waals surface area (Å²) in [7, 11) is 0. The number of carbonyl (C=O) groups is 1. The van der Waals surface area contributed by atoms with Gasteiger partial charge in [-0.1, -0.05) is 24.3 Å². The molecule has 2 N–H and O–H groups in total. The lowest BCUT2D eigenvalue weighted by Crippen LogP contribution is -2.33. The average Bonchev–Trinajstić information content (AvgIpc) is 2.16. The SMILES string of the molecule is Cc1ccccc1CN[C@@H](C)C(=O)O. The van der Waals surface area contributed by atoms with Crippen LogP contribution in [0, 0.1) is 6.92 Å². The molecular weight excluding hydrogens is 178 g/mol. The van der Waals surface area contributed by atoms with E-state index in [1.165, 1.54) is 5.56 Å². The zero-order valence-corrected chi connectivity index (χ0v) is 8.45. The number of carboxylic acids is 1. The first kappa shape index (κ1) is 10.7. The van der Waals surface area contributed by atoms with Crippen LogP contribution in [0.4, 0.5) is 0 Å². The molecule has 3 nitrogen and oxygen atoms in total. The molecule has 14 heavy (non-hydrogen) atoms. The first-order valence-electron chi connectivity index (χ1n) is 4.62. The van der Waals surface area contributed by atoms with Crippen LogP contribution in [-0.2, 0) is 11.3 Å². The van der Waals surface area contributed by atoms with Gasteiger partial charge in [0.1, 0.15) is 6.04 Å². The Kier molecular flexibility index (Phi) is 3.65. The molecule has 1 atom stereocenters. The molecule has 0 aromatic heterocycles. The van der Waals surface area contributed by atoms with Gasteiger partial charge in [0.05, 0.1) is 0 Å². The first-order valence-corrected chi connectivity index (χ1v) is 4.62. The van der Waals surface area contributed by atoms with Crippen LogP contribution in [0.3, 0.4) is 0 Å². The molecule has 0 fully saturated rings. The number of hydrogen-bond acceptors (Lipinski definition) is 2. The monoisotopic (exact) mass is 193 g/mol. The second-order valence-corrected chi connectivity index (χ2v) is 3.37. The summed E-state index contributed by atoms with van der Waals surface area (Å²) in [5.74, 6) is -0.821. The predicted molar refractivity (Wildman–Crippen MR) is 55.1 cm³/mol. The standard InChI is InChI=1S/C11H15NO2/c1-8-5-3-4-6-10(8)7-12-9(2)11(13)14/h3-6,9,12H,7H2,1-2H3,(H,13,14)/t9-/m0/s1. The minimum Gasteiger partial charge on any atom is -0.480 e. The topological polar surface area (TPSA) is 49.3 Å². The van der Waals surface area contributed by atoms with Crippen molar-refractivity contribution in [2.24, 2.45) is 0 Å². The maximum Gasteiger partial charge on any atom is 0.320 e. The third-order valence-corrected chi connectivity index (χ3v) is 2.23. The van der Waals surface area contributed by atoms with Gasteiger partial charge in [-0.2, -0.15) is 0 Å². The highest BCUT2D eigenvalue weighted by atomic mass is 16.4. The van der Waals surface area contributed by atoms with Gasteiger partial charge in [-0.3, -0.25) is 4.79 Å². The van der Waals surface area contributed by atoms with Crippen LogP contribution in [0.25, 0.3) is 0 Å². The summed E-state index contributed by atoms with van der Waals surface area (Å²) in [6.45, 7) is 4.25. The molecule has 76 valence electrons. The van der Waals surface area contributed by atoms with Crippen LogP contribution in [0.1, 0.15) is 18.1 Å². The highest BCUT2D eigenvalue weighted by molar-refractivity contribution is 5.72. The quantitative estimate of drug-likeness (QED) is 0.763. The van der Waals surface area contributed by atoms with Gasteiger partial charge in [0, 0.05) is 6.54 Å². The summed E-state index contributed by atoms with van der Waals surface area (Å²) in [6.07, 6.45) is 0. The molecule has 0 bridgehead atoms. The van der Waals surface area contributed by atoms with E-state index >= 15 is 0 Å². The van der Waals surface area contributed by atoms with E-state index in [4.69, 9.17) is 5.11 Å². The minimum absolute atomic E-state index is 0.505. The van der Waals surface area contributed by atoms with Gasteiger partial charge in [-0.15, -0.1) is 0 Å². The van der Waals surface area contributed by atoms with Crippen molar-refractivity contribution >= 4 is 5.97 Å². The third-order valence-electron chi connectivity index (χ3n) is 2.23. The molecule has 0 saturated carbocycles. The van der Waals surface area contributed by atoms with Gasteiger partial charge >= 0.3 is 5.97 Å². The van der Waals surface area contributed by atoms with E-state index in [0.29, 0.717) is 6.54 Å². The maximum atomic E-state index is 10.5. The van der Waals surface area contributed by atoms with Crippen molar-refractivity contribution in [3.63, 3.8) is 0 Å². The fourth-order valence-electron chi connectivity index (χ4n) is 1.16. The fraction of sp³-hybridized carbons (Fsp3) is 0.364. The van der Waals surface area contributed by atoms with Crippen LogP contribution >= 0.6 is 0 Å². The van der Waals surface area contributed by atoms with E-state index < -0.39 is 12.0 Å². The molecule has 1 rings (SSSR count). The molecule has 0 saturated heterocycles. The molecule has 0 spiro atoms. The summed E-state index contributed by atoms with van der Waals surface area (Å²) in [6, 6.07) is 7.43. The molecule has 0 aliphatic carbocycles. The Morgan fingerprint density at radius 2 is 2.14 bits per heavy atom. The molecule has 0 aliphatic rings. The predicted octanol–water partition coefficient (Wildman–Crippen LogP) is 1.56. The van der Waals surface area contributed by atoms with Gasteiger partial charge in [0.2, 0.25) is 0 Å². The Labute approximate surface area is 83.8 Å². The minimum atomic E-state index is -0.821. The summed E-state index contributed by atoms with van der Waals surface area (Å²) in [5.41, 5.74) is 2.32. The van der Waals surface area contributed by atoms with Crippen LogP contribution < -0.4 is 5.32 Å². The van der Waals surface area contributed by atoms with Crippen LogP contribution in [0.2, 0.25) is 0 Å². The number of carboxylic acid groups (broad SMARTS) is 1. The highest BCUT2D eigenvalue weighted by Crippen LogP contribution is 2.06. The van der Waals surface area contributed by atoms with Crippen molar-refractivity contribution in [2.75, 3.05) is 0 Å². The summed E-state index contributed by atoms with van der Waals surface area (Å²) >= 11 is 0. The summed E-state index contributed by atoms with van der Waals surface area (Å²) in [5, 5.41) is 11.6. The number of nitrogens with one attached hydrogen (secondary N) is 1. The normalized spacial score (nSPS) is 12.4. The Morgan fingerprint density at radius 1 is 1.50 bits per heavy atom. The van der Waals surface area contributed by atoms with Gasteiger partial charge in [-0.05, 0) is 25.0 Å². The molecule has 1 aromatic carbocycles. The van der Waals surface area contributed by atoms with Crippen molar-refractivity contribution < 1.29 is 9.90 Å². The summed E-state index contributed by atoms with van der Waals surface area (Å²) in [4.78, 5) is 10.5. The lowest BCUT2D eigenvalue weighted by Gasteiger charge is -2.10. The van der Waals surface area contributed by atoms with E-state index in [1.807, 2.05) is 31.2 Å². The second-order valence-electron chi connectivity index (χ2n) is 3.37. The molecule has 0 aliphatic heterocycles. The lowest BCUT2D eigenvalue weighted by atomic mass is 10.1. The molecule has 0 amide bonds. The highest BCUT2D eigenvalue weighted by Gasteiger charge is 2.09. The van der Waals surface area contributed by atoms with Gasteiger partial charge in [0.25, 0.3) is 0 Å². The van der Waals surface area contributed by atoms with E-state index in [1.54, 1.807) is 6.92 Å². The Bertz CT molecular complexity index is 323. The third kappa shape index (κ3) is 2.85. The molecular formula is C11H15NO2. The smallest absolute Gasteiger partial charge is 0.320 e. The Hall–Kier alpha value is -1.35. The maximum absolute atomic E-state index is 10.5. The molecule has 3 heteroatoms. The van der Waals surface area contributed by atoms with E-state index in [9.17, 15) is 4.79 Å². The van der Waals surface area contributed by atoms with E-state index in [0.717, 1.165) is 5.56 Å². The zero-order chi connectivity index (χ0) is 10.6. The molecule has 0 heterocycles. The first-order chi connectivity index (χ1) is 6.61. The fourth-order valence-corrected chi connectivity index (χ4v) is 1.16. The van der Waals surface area contributed by atoms with Crippen LogP contribution in [-0.4, -0.2) is 17.1 Å². The van der Waals surface area contributed by atoms with Gasteiger partial charge in [0.15, 0.2) is 0 Å². The van der Waals surface area contributed by atoms with E-state index in [-0.39, 0.29) is 0 Å². The van der Waals surface area contributed by atoms with Gasteiger partial charge in [-0.25, -0.2) is 0 Å². The number of benzene rings is 1. The van der Waals surface area contributed by atoms with E-state index in [2.05, 4.69) is 5.32 Å². The van der Waals surface area contributed by atoms with Crippen molar-refractivity contribution in [3.05, 3.63) is 35.4 Å². The number of hydrogen-bond donors (Lipinski definition) is 2. The molecule has 1 aromatic rings. The second kappa shape index (κ2) is 4.77. The molecule has 0 unspecified atom stereocenters. The van der Waals surface area contributed by atoms with Gasteiger partial charge < -0.3 is 10.4 Å². The Morgan fingerprint density at radius 3 is 2.71 bits per heavy atom. The van der Waals surface area contributed by atoms with Crippen molar-refractivity contribution in [3.8, 4) is 0 Å². The van der Waals surface area contributed by atoms with Crippen molar-refractivity contribution in [2.45, 2.75) is 26.4 Å².